The third-order valence-corrected chi connectivity index (χ3v) is 4.42. The first kappa shape index (κ1) is 13.7. The van der Waals surface area contributed by atoms with E-state index in [1.807, 2.05) is 30.3 Å². The zero-order chi connectivity index (χ0) is 12.7. The average molecular weight is 300 g/mol. The van der Waals surface area contributed by atoms with Gasteiger partial charge in [-0.05, 0) is 0 Å². The molecule has 0 saturated carbocycles. The molecule has 1 unspecified atom stereocenters. The molecule has 0 aliphatic heterocycles. The van der Waals surface area contributed by atoms with Crippen LogP contribution in [-0.4, -0.2) is 43.3 Å². The molecule has 2 N–H and O–H groups in total. The zero-order valence-corrected chi connectivity index (χ0v) is 11.1. The predicted octanol–water partition coefficient (Wildman–Crippen LogP) is 0.625. The Morgan fingerprint density at radius 1 is 1.29 bits per heavy atom. The Bertz CT molecular complexity index is 379. The van der Waals surface area contributed by atoms with Gasteiger partial charge in [-0.1, -0.05) is 0 Å². The summed E-state index contributed by atoms with van der Waals surface area (Å²) in [6.07, 6.45) is 0. The molecule has 0 spiro atoms. The van der Waals surface area contributed by atoms with Gasteiger partial charge in [0.25, 0.3) is 0 Å². The quantitative estimate of drug-likeness (QED) is 0.753. The molecule has 2 atom stereocenters. The summed E-state index contributed by atoms with van der Waals surface area (Å²) in [6, 6.07) is 9.13. The SMILES string of the molecule is O=C(OCc1ccccc1)[AsH][C@H](CO)C(=O)O. The first-order chi connectivity index (χ1) is 8.13. The van der Waals surface area contributed by atoms with Gasteiger partial charge in [0.15, 0.2) is 0 Å². The molecule has 5 nitrogen and oxygen atoms in total. The Morgan fingerprint density at radius 3 is 2.47 bits per heavy atom. The fourth-order valence-corrected chi connectivity index (χ4v) is 2.47. The van der Waals surface area contributed by atoms with Crippen molar-refractivity contribution in [1.82, 2.24) is 0 Å². The van der Waals surface area contributed by atoms with Gasteiger partial charge < -0.3 is 0 Å². The summed E-state index contributed by atoms with van der Waals surface area (Å²) in [6.45, 7) is -0.378. The van der Waals surface area contributed by atoms with Crippen molar-refractivity contribution in [2.75, 3.05) is 6.61 Å². The van der Waals surface area contributed by atoms with Crippen LogP contribution < -0.4 is 0 Å². The molecule has 0 amide bonds. The van der Waals surface area contributed by atoms with Crippen LogP contribution >= 0.6 is 0 Å². The van der Waals surface area contributed by atoms with Gasteiger partial charge in [-0.15, -0.1) is 0 Å². The van der Waals surface area contributed by atoms with Gasteiger partial charge in [0.1, 0.15) is 0 Å². The Labute approximate surface area is 105 Å². The van der Waals surface area contributed by atoms with Gasteiger partial charge in [0.05, 0.1) is 0 Å². The van der Waals surface area contributed by atoms with Crippen molar-refractivity contribution in [3.63, 3.8) is 0 Å². The Hall–Kier alpha value is -1.32. The summed E-state index contributed by atoms with van der Waals surface area (Å²) in [5.41, 5.74) is 0.850. The maximum absolute atomic E-state index is 11.3. The average Bonchev–Trinajstić information content (AvgIpc) is 2.34. The van der Waals surface area contributed by atoms with Crippen molar-refractivity contribution < 1.29 is 24.5 Å². The van der Waals surface area contributed by atoms with Crippen LogP contribution in [0.15, 0.2) is 30.3 Å². The van der Waals surface area contributed by atoms with Gasteiger partial charge in [0, 0.05) is 0 Å². The minimum atomic E-state index is -1.49. The van der Waals surface area contributed by atoms with E-state index in [0.29, 0.717) is 0 Å². The van der Waals surface area contributed by atoms with E-state index in [0.717, 1.165) is 5.56 Å². The number of carbonyl (C=O) groups excluding carboxylic acids is 1. The number of hydrogen-bond acceptors (Lipinski definition) is 4. The van der Waals surface area contributed by atoms with Gasteiger partial charge in [0.2, 0.25) is 0 Å². The van der Waals surface area contributed by atoms with E-state index in [1.165, 1.54) is 0 Å². The Balaban J connectivity index is 2.37. The second kappa shape index (κ2) is 7.09. The Kier molecular flexibility index (Phi) is 5.73. The third kappa shape index (κ3) is 5.02. The van der Waals surface area contributed by atoms with E-state index in [2.05, 4.69) is 0 Å². The minimum absolute atomic E-state index is 0.140. The van der Waals surface area contributed by atoms with Crippen molar-refractivity contribution >= 4 is 26.5 Å². The number of aliphatic carboxylic acids is 1. The molecular formula is C11H13AsO5. The maximum atomic E-state index is 11.3. The van der Waals surface area contributed by atoms with Crippen LogP contribution in [-0.2, 0) is 16.1 Å². The van der Waals surface area contributed by atoms with Gasteiger partial charge >= 0.3 is 105 Å². The molecular weight excluding hydrogens is 287 g/mol. The number of ether oxygens (including phenoxy) is 1. The van der Waals surface area contributed by atoms with Crippen LogP contribution in [0.2, 0.25) is 4.71 Å². The number of rotatable bonds is 6. The number of carbonyl (C=O) groups is 2. The molecule has 0 radical (unpaired) electrons. The van der Waals surface area contributed by atoms with E-state index in [1.54, 1.807) is 0 Å². The molecule has 1 aromatic rings. The molecule has 0 aliphatic rings. The van der Waals surface area contributed by atoms with Crippen molar-refractivity contribution in [3.05, 3.63) is 35.9 Å². The van der Waals surface area contributed by atoms with Crippen LogP contribution in [0.25, 0.3) is 0 Å². The molecule has 0 bridgehead atoms. The summed E-state index contributed by atoms with van der Waals surface area (Å²) < 4.78 is 3.47. The van der Waals surface area contributed by atoms with Crippen molar-refractivity contribution in [2.24, 2.45) is 0 Å². The molecule has 92 valence electrons. The first-order valence-corrected chi connectivity index (χ1v) is 7.20. The van der Waals surface area contributed by atoms with E-state index in [9.17, 15) is 9.59 Å². The third-order valence-electron chi connectivity index (χ3n) is 1.99. The number of hydrogen-bond donors (Lipinski definition) is 2. The molecule has 0 heterocycles. The molecule has 0 fully saturated rings. The van der Waals surface area contributed by atoms with Crippen LogP contribution in [0.3, 0.4) is 0 Å². The number of carboxylic acids is 1. The number of benzene rings is 1. The van der Waals surface area contributed by atoms with Gasteiger partial charge in [-0.2, -0.15) is 0 Å². The standard InChI is InChI=1S/C11H13AsO5/c13-6-9(10(14)15)12-11(16)17-7-8-4-2-1-3-5-8/h1-5,9,12-13H,6-7H2,(H,14,15)/t9-/m1/s1. The van der Waals surface area contributed by atoms with Crippen molar-refractivity contribution in [3.8, 4) is 0 Å². The molecule has 0 aromatic heterocycles. The summed E-state index contributed by atoms with van der Waals surface area (Å²) in [5, 5.41) is 17.4. The molecule has 0 aliphatic carbocycles. The second-order valence-corrected chi connectivity index (χ2v) is 6.20. The zero-order valence-electron chi connectivity index (χ0n) is 9.00. The number of carboxylic acid groups (broad SMARTS) is 1. The summed E-state index contributed by atoms with van der Waals surface area (Å²) in [7, 11) is 0. The van der Waals surface area contributed by atoms with Crippen LogP contribution in [0.4, 0.5) is 4.79 Å². The van der Waals surface area contributed by atoms with Crippen LogP contribution in [0.5, 0.6) is 0 Å². The number of aliphatic hydroxyl groups excluding tert-OH is 1. The van der Waals surface area contributed by atoms with Gasteiger partial charge in [-0.3, -0.25) is 0 Å². The second-order valence-electron chi connectivity index (χ2n) is 3.28. The number of aliphatic hydroxyl groups is 1. The van der Waals surface area contributed by atoms with Crippen LogP contribution in [0, 0.1) is 0 Å². The first-order valence-electron chi connectivity index (χ1n) is 4.94. The molecule has 17 heavy (non-hydrogen) atoms. The molecule has 1 aromatic carbocycles. The Morgan fingerprint density at radius 2 is 1.94 bits per heavy atom. The predicted molar refractivity (Wildman–Crippen MR) is 62.2 cm³/mol. The fraction of sp³-hybridized carbons (Fsp3) is 0.273. The van der Waals surface area contributed by atoms with E-state index >= 15 is 0 Å². The summed E-state index contributed by atoms with van der Waals surface area (Å²) in [5.74, 6) is -1.15. The molecule has 0 saturated heterocycles. The normalized spacial score (nSPS) is 12.5. The van der Waals surface area contributed by atoms with Crippen LogP contribution in [0.1, 0.15) is 5.56 Å². The fourth-order valence-electron chi connectivity index (χ4n) is 1.09. The summed E-state index contributed by atoms with van der Waals surface area (Å²) >= 11 is -1.49. The van der Waals surface area contributed by atoms with Crippen molar-refractivity contribution in [2.45, 2.75) is 11.3 Å². The molecule has 6 heteroatoms. The monoisotopic (exact) mass is 300 g/mol. The van der Waals surface area contributed by atoms with E-state index in [-0.39, 0.29) is 6.61 Å². The van der Waals surface area contributed by atoms with Crippen molar-refractivity contribution in [1.29, 1.82) is 0 Å². The van der Waals surface area contributed by atoms with E-state index in [4.69, 9.17) is 14.9 Å². The molecule has 1 rings (SSSR count). The van der Waals surface area contributed by atoms with E-state index < -0.39 is 37.8 Å². The van der Waals surface area contributed by atoms with Gasteiger partial charge in [-0.25, -0.2) is 0 Å². The summed E-state index contributed by atoms with van der Waals surface area (Å²) in [4.78, 5) is 22.0. The topological polar surface area (TPSA) is 83.8 Å².